The quantitative estimate of drug-likeness (QED) is 0.721. The third-order valence-electron chi connectivity index (χ3n) is 4.43. The summed E-state index contributed by atoms with van der Waals surface area (Å²) < 4.78 is 6.77. The van der Waals surface area contributed by atoms with Crippen molar-refractivity contribution in [3.05, 3.63) is 58.6 Å². The minimum atomic E-state index is 0.0396. The van der Waals surface area contributed by atoms with E-state index in [4.69, 9.17) is 4.74 Å². The molecular formula is C21H25BrN2O2. The summed E-state index contributed by atoms with van der Waals surface area (Å²) in [6.07, 6.45) is 0. The zero-order chi connectivity index (χ0) is 18.5. The Morgan fingerprint density at radius 3 is 2.42 bits per heavy atom. The molecule has 1 aliphatic heterocycles. The van der Waals surface area contributed by atoms with Crippen molar-refractivity contribution in [3.63, 3.8) is 0 Å². The number of amides is 1. The molecule has 2 aromatic carbocycles. The van der Waals surface area contributed by atoms with E-state index in [0.717, 1.165) is 17.6 Å². The Kier molecular flexibility index (Phi) is 6.20. The highest BCUT2D eigenvalue weighted by Gasteiger charge is 2.24. The summed E-state index contributed by atoms with van der Waals surface area (Å²) in [7, 11) is 0. The molecule has 1 fully saturated rings. The van der Waals surface area contributed by atoms with Crippen molar-refractivity contribution in [2.24, 2.45) is 5.92 Å². The second-order valence-electron chi connectivity index (χ2n) is 6.96. The number of rotatable bonds is 5. The average molecular weight is 417 g/mol. The van der Waals surface area contributed by atoms with Gasteiger partial charge < -0.3 is 14.5 Å². The van der Waals surface area contributed by atoms with Crippen molar-refractivity contribution in [2.45, 2.75) is 13.8 Å². The van der Waals surface area contributed by atoms with Crippen LogP contribution >= 0.6 is 15.9 Å². The van der Waals surface area contributed by atoms with E-state index < -0.39 is 0 Å². The van der Waals surface area contributed by atoms with E-state index in [1.54, 1.807) is 0 Å². The molecule has 1 aliphatic rings. The van der Waals surface area contributed by atoms with E-state index in [-0.39, 0.29) is 5.91 Å². The van der Waals surface area contributed by atoms with E-state index in [2.05, 4.69) is 46.8 Å². The van der Waals surface area contributed by atoms with E-state index in [9.17, 15) is 4.79 Å². The number of anilines is 1. The van der Waals surface area contributed by atoms with Gasteiger partial charge in [-0.1, -0.05) is 48.0 Å². The van der Waals surface area contributed by atoms with E-state index in [1.165, 1.54) is 5.69 Å². The number of nitrogens with zero attached hydrogens (tertiary/aromatic N) is 2. The van der Waals surface area contributed by atoms with Crippen LogP contribution in [0.2, 0.25) is 0 Å². The Morgan fingerprint density at radius 2 is 1.77 bits per heavy atom. The standard InChI is InChI=1S/C21H25BrN2O2/c1-16(2)15-26-20-9-8-17(22)14-19(20)21(25)24-12-10-23(11-13-24)18-6-4-3-5-7-18/h3-9,14,16H,10-13,15H2,1-2H3. The first-order valence-electron chi connectivity index (χ1n) is 9.06. The first-order chi connectivity index (χ1) is 12.5. The lowest BCUT2D eigenvalue weighted by Crippen LogP contribution is -2.48. The van der Waals surface area contributed by atoms with Crippen LogP contribution in [0.15, 0.2) is 53.0 Å². The molecule has 2 aromatic rings. The molecule has 0 radical (unpaired) electrons. The molecule has 26 heavy (non-hydrogen) atoms. The van der Waals surface area contributed by atoms with Gasteiger partial charge in [0.05, 0.1) is 12.2 Å². The van der Waals surface area contributed by atoms with Crippen LogP contribution in [-0.4, -0.2) is 43.6 Å². The van der Waals surface area contributed by atoms with E-state index in [1.807, 2.05) is 41.3 Å². The van der Waals surface area contributed by atoms with Gasteiger partial charge in [-0.25, -0.2) is 0 Å². The zero-order valence-electron chi connectivity index (χ0n) is 15.3. The lowest BCUT2D eigenvalue weighted by Gasteiger charge is -2.36. The Balaban J connectivity index is 1.69. The van der Waals surface area contributed by atoms with Crippen molar-refractivity contribution >= 4 is 27.5 Å². The van der Waals surface area contributed by atoms with Gasteiger partial charge in [0, 0.05) is 36.3 Å². The largest absolute Gasteiger partial charge is 0.492 e. The van der Waals surface area contributed by atoms with Gasteiger partial charge in [0.15, 0.2) is 0 Å². The number of benzene rings is 2. The van der Waals surface area contributed by atoms with Crippen LogP contribution in [0, 0.1) is 5.92 Å². The molecule has 0 unspecified atom stereocenters. The molecular weight excluding hydrogens is 392 g/mol. The molecule has 4 nitrogen and oxygen atoms in total. The molecule has 0 spiro atoms. The van der Waals surface area contributed by atoms with Crippen LogP contribution in [0.4, 0.5) is 5.69 Å². The second kappa shape index (κ2) is 8.58. The van der Waals surface area contributed by atoms with E-state index in [0.29, 0.717) is 36.9 Å². The SMILES string of the molecule is CC(C)COc1ccc(Br)cc1C(=O)N1CCN(c2ccccc2)CC1. The van der Waals surface area contributed by atoms with Gasteiger partial charge in [0.2, 0.25) is 0 Å². The van der Waals surface area contributed by atoms with Crippen LogP contribution in [0.5, 0.6) is 5.75 Å². The Bertz CT molecular complexity index is 741. The first kappa shape index (κ1) is 18.8. The molecule has 0 atom stereocenters. The molecule has 1 saturated heterocycles. The highest BCUT2D eigenvalue weighted by Crippen LogP contribution is 2.26. The summed E-state index contributed by atoms with van der Waals surface area (Å²) in [6, 6.07) is 16.0. The van der Waals surface area contributed by atoms with Gasteiger partial charge in [-0.15, -0.1) is 0 Å². The molecule has 0 saturated carbocycles. The van der Waals surface area contributed by atoms with Crippen molar-refractivity contribution in [2.75, 3.05) is 37.7 Å². The fraction of sp³-hybridized carbons (Fsp3) is 0.381. The molecule has 1 amide bonds. The normalized spacial score (nSPS) is 14.6. The summed E-state index contributed by atoms with van der Waals surface area (Å²) in [5.74, 6) is 1.12. The number of piperazine rings is 1. The maximum Gasteiger partial charge on any atom is 0.257 e. The highest BCUT2D eigenvalue weighted by atomic mass is 79.9. The van der Waals surface area contributed by atoms with Gasteiger partial charge in [-0.2, -0.15) is 0 Å². The van der Waals surface area contributed by atoms with Crippen LogP contribution in [0.3, 0.4) is 0 Å². The van der Waals surface area contributed by atoms with Gasteiger partial charge in [0.25, 0.3) is 5.91 Å². The predicted molar refractivity (Wildman–Crippen MR) is 109 cm³/mol. The Hall–Kier alpha value is -2.01. The first-order valence-corrected chi connectivity index (χ1v) is 9.85. The molecule has 0 bridgehead atoms. The zero-order valence-corrected chi connectivity index (χ0v) is 16.9. The third kappa shape index (κ3) is 4.58. The van der Waals surface area contributed by atoms with Gasteiger partial charge in [-0.05, 0) is 36.2 Å². The maximum atomic E-state index is 13.1. The van der Waals surface area contributed by atoms with Crippen LogP contribution in [-0.2, 0) is 0 Å². The third-order valence-corrected chi connectivity index (χ3v) is 4.93. The Morgan fingerprint density at radius 1 is 1.08 bits per heavy atom. The molecule has 1 heterocycles. The lowest BCUT2D eigenvalue weighted by atomic mass is 10.1. The molecule has 3 rings (SSSR count). The topological polar surface area (TPSA) is 32.8 Å². The number of hydrogen-bond donors (Lipinski definition) is 0. The van der Waals surface area contributed by atoms with Crippen molar-refractivity contribution in [1.29, 1.82) is 0 Å². The smallest absolute Gasteiger partial charge is 0.257 e. The number of carbonyl (C=O) groups is 1. The highest BCUT2D eigenvalue weighted by molar-refractivity contribution is 9.10. The number of para-hydroxylation sites is 1. The van der Waals surface area contributed by atoms with Crippen molar-refractivity contribution in [3.8, 4) is 5.75 Å². The summed E-state index contributed by atoms with van der Waals surface area (Å²) >= 11 is 3.47. The monoisotopic (exact) mass is 416 g/mol. The molecule has 5 heteroatoms. The lowest BCUT2D eigenvalue weighted by molar-refractivity contribution is 0.0741. The van der Waals surface area contributed by atoms with Crippen molar-refractivity contribution < 1.29 is 9.53 Å². The average Bonchev–Trinajstić information content (AvgIpc) is 2.67. The van der Waals surface area contributed by atoms with Gasteiger partial charge in [-0.3, -0.25) is 4.79 Å². The second-order valence-corrected chi connectivity index (χ2v) is 7.88. The predicted octanol–water partition coefficient (Wildman–Crippen LogP) is 4.45. The molecule has 0 aliphatic carbocycles. The van der Waals surface area contributed by atoms with Gasteiger partial charge >= 0.3 is 0 Å². The molecule has 0 aromatic heterocycles. The summed E-state index contributed by atoms with van der Waals surface area (Å²) in [6.45, 7) is 7.90. The molecule has 0 N–H and O–H groups in total. The number of ether oxygens (including phenoxy) is 1. The Labute approximate surface area is 163 Å². The summed E-state index contributed by atoms with van der Waals surface area (Å²) in [4.78, 5) is 17.3. The number of halogens is 1. The number of hydrogen-bond acceptors (Lipinski definition) is 3. The van der Waals surface area contributed by atoms with Crippen LogP contribution < -0.4 is 9.64 Å². The van der Waals surface area contributed by atoms with Crippen LogP contribution in [0.25, 0.3) is 0 Å². The minimum absolute atomic E-state index is 0.0396. The van der Waals surface area contributed by atoms with Crippen molar-refractivity contribution in [1.82, 2.24) is 4.90 Å². The minimum Gasteiger partial charge on any atom is -0.492 e. The summed E-state index contributed by atoms with van der Waals surface area (Å²) in [5, 5.41) is 0. The maximum absolute atomic E-state index is 13.1. The fourth-order valence-electron chi connectivity index (χ4n) is 3.03. The molecule has 138 valence electrons. The van der Waals surface area contributed by atoms with Crippen LogP contribution in [0.1, 0.15) is 24.2 Å². The summed E-state index contributed by atoms with van der Waals surface area (Å²) in [5.41, 5.74) is 1.84. The van der Waals surface area contributed by atoms with E-state index >= 15 is 0 Å². The van der Waals surface area contributed by atoms with Gasteiger partial charge in [0.1, 0.15) is 5.75 Å². The number of carbonyl (C=O) groups excluding carboxylic acids is 1. The fourth-order valence-corrected chi connectivity index (χ4v) is 3.39.